The van der Waals surface area contributed by atoms with Crippen molar-refractivity contribution in [3.05, 3.63) is 95.1 Å². The lowest BCUT2D eigenvalue weighted by molar-refractivity contribution is -0.139. The Labute approximate surface area is 217 Å². The number of nitrogens with one attached hydrogen (secondary N) is 2. The van der Waals surface area contributed by atoms with E-state index in [0.29, 0.717) is 37.6 Å². The first-order chi connectivity index (χ1) is 18.0. The van der Waals surface area contributed by atoms with Crippen molar-refractivity contribution in [3.63, 3.8) is 0 Å². The molecule has 0 unspecified atom stereocenters. The van der Waals surface area contributed by atoms with Gasteiger partial charge in [-0.3, -0.25) is 9.59 Å². The van der Waals surface area contributed by atoms with Crippen LogP contribution in [0.15, 0.2) is 72.8 Å². The van der Waals surface area contributed by atoms with E-state index in [4.69, 9.17) is 9.47 Å². The van der Waals surface area contributed by atoms with Crippen molar-refractivity contribution in [2.24, 2.45) is 5.92 Å². The van der Waals surface area contributed by atoms with E-state index >= 15 is 0 Å². The third kappa shape index (κ3) is 4.44. The molecule has 3 aromatic rings. The molecule has 3 aromatic carbocycles. The van der Waals surface area contributed by atoms with E-state index in [1.165, 1.54) is 0 Å². The summed E-state index contributed by atoms with van der Waals surface area (Å²) in [5.74, 6) is -0.0169. The largest absolute Gasteiger partial charge is 0.493 e. The van der Waals surface area contributed by atoms with Crippen LogP contribution in [0.25, 0.3) is 0 Å². The molecule has 192 valence electrons. The molecule has 0 radical (unpaired) electrons. The zero-order chi connectivity index (χ0) is 26.0. The zero-order valence-corrected chi connectivity index (χ0v) is 21.5. The van der Waals surface area contributed by atoms with E-state index in [1.54, 1.807) is 14.2 Å². The molecule has 2 amide bonds. The highest BCUT2D eigenvalue weighted by atomic mass is 16.5. The highest BCUT2D eigenvalue weighted by molar-refractivity contribution is 6.04. The third-order valence-electron chi connectivity index (χ3n) is 7.75. The van der Waals surface area contributed by atoms with Gasteiger partial charge in [0, 0.05) is 19.6 Å². The van der Waals surface area contributed by atoms with Gasteiger partial charge in [-0.05, 0) is 47.7 Å². The van der Waals surface area contributed by atoms with Gasteiger partial charge < -0.3 is 25.0 Å². The molecule has 7 nitrogen and oxygen atoms in total. The minimum Gasteiger partial charge on any atom is -0.493 e. The fourth-order valence-electron chi connectivity index (χ4n) is 5.82. The summed E-state index contributed by atoms with van der Waals surface area (Å²) >= 11 is 0. The Morgan fingerprint density at radius 2 is 1.54 bits per heavy atom. The second-order valence-electron chi connectivity index (χ2n) is 9.78. The van der Waals surface area contributed by atoms with Crippen LogP contribution in [0.5, 0.6) is 11.5 Å². The van der Waals surface area contributed by atoms with Crippen molar-refractivity contribution in [1.29, 1.82) is 0 Å². The van der Waals surface area contributed by atoms with E-state index in [0.717, 1.165) is 22.3 Å². The number of amides is 2. The van der Waals surface area contributed by atoms with Gasteiger partial charge in [0.05, 0.1) is 25.8 Å². The molecule has 7 heteroatoms. The molecule has 2 heterocycles. The maximum atomic E-state index is 13.9. The molecule has 0 bridgehead atoms. The number of methoxy groups -OCH3 is 2. The smallest absolute Gasteiger partial charge is 0.237 e. The van der Waals surface area contributed by atoms with Crippen LogP contribution in [0.1, 0.15) is 29.2 Å². The number of carbonyl (C=O) groups excluding carboxylic acids is 2. The van der Waals surface area contributed by atoms with Gasteiger partial charge in [0.25, 0.3) is 0 Å². The molecule has 2 aliphatic rings. The predicted octanol–water partition coefficient (Wildman–Crippen LogP) is 3.41. The first-order valence-corrected chi connectivity index (χ1v) is 12.6. The van der Waals surface area contributed by atoms with Gasteiger partial charge in [0.1, 0.15) is 5.92 Å². The second kappa shape index (κ2) is 10.3. The maximum Gasteiger partial charge on any atom is 0.237 e. The van der Waals surface area contributed by atoms with Gasteiger partial charge in [-0.2, -0.15) is 0 Å². The van der Waals surface area contributed by atoms with Gasteiger partial charge in [-0.15, -0.1) is 0 Å². The van der Waals surface area contributed by atoms with Gasteiger partial charge >= 0.3 is 0 Å². The SMILES string of the molecule is COc1cc2c(cc1OC)[C@]1(C)[C@@H](NCc3ccccc3)[C@H](C(=O)NCc3ccccc3)C(=O)N1CC2. The summed E-state index contributed by atoms with van der Waals surface area (Å²) in [6.07, 6.45) is 0.681. The molecule has 0 spiro atoms. The average molecular weight is 500 g/mol. The average Bonchev–Trinajstić information content (AvgIpc) is 3.17. The van der Waals surface area contributed by atoms with E-state index in [2.05, 4.69) is 17.6 Å². The number of benzene rings is 3. The minimum atomic E-state index is -0.864. The quantitative estimate of drug-likeness (QED) is 0.465. The normalized spacial score (nSPS) is 22.2. The monoisotopic (exact) mass is 499 g/mol. The van der Waals surface area contributed by atoms with Crippen LogP contribution in [-0.4, -0.2) is 43.5 Å². The number of hydrogen-bond acceptors (Lipinski definition) is 5. The zero-order valence-electron chi connectivity index (χ0n) is 21.5. The second-order valence-corrected chi connectivity index (χ2v) is 9.78. The first-order valence-electron chi connectivity index (χ1n) is 12.6. The van der Waals surface area contributed by atoms with E-state index in [1.807, 2.05) is 77.7 Å². The lowest BCUT2D eigenvalue weighted by Crippen LogP contribution is -2.55. The summed E-state index contributed by atoms with van der Waals surface area (Å²) in [7, 11) is 3.23. The van der Waals surface area contributed by atoms with Crippen LogP contribution < -0.4 is 20.1 Å². The first kappa shape index (κ1) is 24.8. The van der Waals surface area contributed by atoms with Crippen molar-refractivity contribution >= 4 is 11.8 Å². The number of nitrogens with zero attached hydrogens (tertiary/aromatic N) is 1. The lowest BCUT2D eigenvalue weighted by Gasteiger charge is -2.45. The topological polar surface area (TPSA) is 79.9 Å². The number of carbonyl (C=O) groups is 2. The summed E-state index contributed by atoms with van der Waals surface area (Å²) in [4.78, 5) is 29.4. The predicted molar refractivity (Wildman–Crippen MR) is 141 cm³/mol. The van der Waals surface area contributed by atoms with E-state index < -0.39 is 17.5 Å². The molecule has 0 saturated carbocycles. The molecule has 2 aliphatic heterocycles. The van der Waals surface area contributed by atoms with Crippen molar-refractivity contribution in [2.75, 3.05) is 20.8 Å². The van der Waals surface area contributed by atoms with Gasteiger partial charge in [-0.25, -0.2) is 0 Å². The summed E-state index contributed by atoms with van der Waals surface area (Å²) in [5.41, 5.74) is 3.41. The standard InChI is InChI=1S/C30H33N3O4/c1-30-23-17-25(37-3)24(36-2)16-22(23)14-15-33(30)29(35)26(27(30)31-18-20-10-6-4-7-11-20)28(34)32-19-21-12-8-5-9-13-21/h4-13,16-17,26-27,31H,14-15,18-19H2,1-3H3,(H,32,34)/t26-,27+,30-/m1/s1. The van der Waals surface area contributed by atoms with Crippen molar-refractivity contribution < 1.29 is 19.1 Å². The molecule has 0 aliphatic carbocycles. The molecule has 0 aromatic heterocycles. The molecular weight excluding hydrogens is 466 g/mol. The number of rotatable bonds is 8. The Kier molecular flexibility index (Phi) is 6.89. The van der Waals surface area contributed by atoms with Gasteiger partial charge in [0.2, 0.25) is 11.8 Å². The highest BCUT2D eigenvalue weighted by Gasteiger charge is 2.60. The van der Waals surface area contributed by atoms with Crippen LogP contribution in [0.4, 0.5) is 0 Å². The van der Waals surface area contributed by atoms with Gasteiger partial charge in [-0.1, -0.05) is 60.7 Å². The fraction of sp³-hybridized carbons (Fsp3) is 0.333. The Morgan fingerprint density at radius 3 is 2.16 bits per heavy atom. The summed E-state index contributed by atoms with van der Waals surface area (Å²) < 4.78 is 11.2. The minimum absolute atomic E-state index is 0.154. The molecule has 5 rings (SSSR count). The Morgan fingerprint density at radius 1 is 0.946 bits per heavy atom. The fourth-order valence-corrected chi connectivity index (χ4v) is 5.82. The molecule has 37 heavy (non-hydrogen) atoms. The highest BCUT2D eigenvalue weighted by Crippen LogP contribution is 2.49. The van der Waals surface area contributed by atoms with Crippen LogP contribution in [-0.2, 0) is 34.6 Å². The van der Waals surface area contributed by atoms with Crippen molar-refractivity contribution in [1.82, 2.24) is 15.5 Å². The number of ether oxygens (including phenoxy) is 2. The Balaban J connectivity index is 1.52. The summed E-state index contributed by atoms with van der Waals surface area (Å²) in [6, 6.07) is 23.3. The molecule has 1 fully saturated rings. The number of fused-ring (bicyclic) bond motifs is 3. The van der Waals surface area contributed by atoms with Crippen LogP contribution >= 0.6 is 0 Å². The van der Waals surface area contributed by atoms with Gasteiger partial charge in [0.15, 0.2) is 11.5 Å². The number of hydrogen-bond donors (Lipinski definition) is 2. The van der Waals surface area contributed by atoms with Crippen molar-refractivity contribution in [3.8, 4) is 11.5 Å². The van der Waals surface area contributed by atoms with Crippen molar-refractivity contribution in [2.45, 2.75) is 38.0 Å². The van der Waals surface area contributed by atoms with Crippen LogP contribution in [0.2, 0.25) is 0 Å². The molecular formula is C30H33N3O4. The summed E-state index contributed by atoms with van der Waals surface area (Å²) in [5, 5.41) is 6.63. The van der Waals surface area contributed by atoms with E-state index in [9.17, 15) is 9.59 Å². The maximum absolute atomic E-state index is 13.9. The van der Waals surface area contributed by atoms with E-state index in [-0.39, 0.29) is 11.8 Å². The lowest BCUT2D eigenvalue weighted by atomic mass is 9.76. The summed E-state index contributed by atoms with van der Waals surface area (Å²) in [6.45, 7) is 3.49. The molecule has 2 N–H and O–H groups in total. The Hall–Kier alpha value is -3.84. The molecule has 1 saturated heterocycles. The van der Waals surface area contributed by atoms with Crippen LogP contribution in [0, 0.1) is 5.92 Å². The molecule has 3 atom stereocenters. The Bertz CT molecular complexity index is 1280. The third-order valence-corrected chi connectivity index (χ3v) is 7.75. The van der Waals surface area contributed by atoms with Crippen LogP contribution in [0.3, 0.4) is 0 Å².